The third-order valence-electron chi connectivity index (χ3n) is 4.16. The Balaban J connectivity index is 1.84. The molecule has 24 heavy (non-hydrogen) atoms. The van der Waals surface area contributed by atoms with Gasteiger partial charge < -0.3 is 20.3 Å². The summed E-state index contributed by atoms with van der Waals surface area (Å²) in [5.74, 6) is -0.000188. The first kappa shape index (κ1) is 17.2. The van der Waals surface area contributed by atoms with Crippen molar-refractivity contribution in [2.45, 2.75) is 18.4 Å². The number of benzene rings is 1. The molecule has 6 nitrogen and oxygen atoms in total. The Hall–Kier alpha value is -1.60. The van der Waals surface area contributed by atoms with Crippen LogP contribution in [0, 0.1) is 0 Å². The highest BCUT2D eigenvalue weighted by molar-refractivity contribution is 6.39. The number of hydrogen-bond donors (Lipinski definition) is 2. The number of amides is 1. The zero-order valence-corrected chi connectivity index (χ0v) is 14.3. The molecule has 1 aromatic heterocycles. The quantitative estimate of drug-likeness (QED) is 0.866. The van der Waals surface area contributed by atoms with E-state index in [1.54, 1.807) is 18.2 Å². The first-order chi connectivity index (χ1) is 11.4. The molecule has 8 heteroatoms. The predicted octanol–water partition coefficient (Wildman–Crippen LogP) is 2.57. The van der Waals surface area contributed by atoms with Gasteiger partial charge in [0, 0.05) is 19.2 Å². The van der Waals surface area contributed by atoms with E-state index in [-0.39, 0.29) is 24.7 Å². The van der Waals surface area contributed by atoms with Gasteiger partial charge in [-0.1, -0.05) is 34.4 Å². The molecule has 1 unspecified atom stereocenters. The summed E-state index contributed by atoms with van der Waals surface area (Å²) in [5, 5.41) is 15.0. The number of carbonyl (C=O) groups excluding carboxylic acids is 1. The zero-order valence-electron chi connectivity index (χ0n) is 12.8. The summed E-state index contributed by atoms with van der Waals surface area (Å²) in [6.45, 7) is 0.823. The largest absolute Gasteiger partial charge is 0.387 e. The minimum atomic E-state index is -1.05. The van der Waals surface area contributed by atoms with Crippen LogP contribution in [-0.4, -0.2) is 46.3 Å². The second kappa shape index (κ2) is 6.72. The van der Waals surface area contributed by atoms with E-state index < -0.39 is 5.60 Å². The number of hydrogen-bond acceptors (Lipinski definition) is 5. The van der Waals surface area contributed by atoms with E-state index >= 15 is 0 Å². The van der Waals surface area contributed by atoms with Crippen molar-refractivity contribution in [2.24, 2.45) is 5.73 Å². The molecule has 3 N–H and O–H groups in total. The lowest BCUT2D eigenvalue weighted by Gasteiger charge is -2.38. The number of β-amino-alcohol motifs (C(OH)–C–C–N with tert-alkyl or cyclic N) is 1. The lowest BCUT2D eigenvalue weighted by molar-refractivity contribution is -0.0179. The number of aromatic nitrogens is 1. The maximum Gasteiger partial charge on any atom is 0.276 e. The summed E-state index contributed by atoms with van der Waals surface area (Å²) in [4.78, 5) is 14.1. The smallest absolute Gasteiger partial charge is 0.276 e. The molecule has 1 aliphatic heterocycles. The van der Waals surface area contributed by atoms with Crippen molar-refractivity contribution in [1.29, 1.82) is 0 Å². The highest BCUT2D eigenvalue weighted by atomic mass is 35.5. The average molecular weight is 370 g/mol. The SMILES string of the molecule is NCC1(O)CCCN(C(=O)c2cc(-c3c(Cl)cccc3Cl)on2)C1. The molecule has 1 fully saturated rings. The van der Waals surface area contributed by atoms with Crippen molar-refractivity contribution >= 4 is 29.1 Å². The lowest BCUT2D eigenvalue weighted by Crippen LogP contribution is -2.54. The minimum Gasteiger partial charge on any atom is -0.387 e. The Morgan fingerprint density at radius 2 is 2.12 bits per heavy atom. The van der Waals surface area contributed by atoms with E-state index in [4.69, 9.17) is 33.5 Å². The monoisotopic (exact) mass is 369 g/mol. The van der Waals surface area contributed by atoms with Crippen LogP contribution in [0.2, 0.25) is 10.0 Å². The number of aliphatic hydroxyl groups is 1. The van der Waals surface area contributed by atoms with E-state index in [9.17, 15) is 9.90 Å². The summed E-state index contributed by atoms with van der Waals surface area (Å²) in [6, 6.07) is 6.58. The predicted molar refractivity (Wildman–Crippen MR) is 91.1 cm³/mol. The number of likely N-dealkylation sites (tertiary alicyclic amines) is 1. The van der Waals surface area contributed by atoms with Crippen LogP contribution in [-0.2, 0) is 0 Å². The second-order valence-electron chi connectivity index (χ2n) is 5.93. The van der Waals surface area contributed by atoms with Gasteiger partial charge in [0.15, 0.2) is 11.5 Å². The van der Waals surface area contributed by atoms with Gasteiger partial charge in [0.2, 0.25) is 0 Å². The molecular weight excluding hydrogens is 353 g/mol. The molecule has 1 amide bonds. The third-order valence-corrected chi connectivity index (χ3v) is 4.79. The van der Waals surface area contributed by atoms with Crippen LogP contribution in [0.15, 0.2) is 28.8 Å². The molecule has 1 saturated heterocycles. The van der Waals surface area contributed by atoms with Gasteiger partial charge in [-0.2, -0.15) is 0 Å². The summed E-state index contributed by atoms with van der Waals surface area (Å²) >= 11 is 12.3. The Labute approximate surface area is 149 Å². The van der Waals surface area contributed by atoms with Crippen LogP contribution in [0.4, 0.5) is 0 Å². The molecule has 0 saturated carbocycles. The zero-order chi connectivity index (χ0) is 17.3. The van der Waals surface area contributed by atoms with E-state index in [0.29, 0.717) is 40.8 Å². The van der Waals surface area contributed by atoms with Crippen molar-refractivity contribution in [3.63, 3.8) is 0 Å². The molecule has 1 atom stereocenters. The van der Waals surface area contributed by atoms with Gasteiger partial charge in [-0.05, 0) is 25.0 Å². The average Bonchev–Trinajstić information content (AvgIpc) is 3.03. The molecule has 1 aromatic carbocycles. The molecule has 0 radical (unpaired) electrons. The van der Waals surface area contributed by atoms with Gasteiger partial charge >= 0.3 is 0 Å². The van der Waals surface area contributed by atoms with Crippen molar-refractivity contribution < 1.29 is 14.4 Å². The van der Waals surface area contributed by atoms with Crippen molar-refractivity contribution in [3.8, 4) is 11.3 Å². The topological polar surface area (TPSA) is 92.6 Å². The van der Waals surface area contributed by atoms with Gasteiger partial charge in [0.05, 0.1) is 27.8 Å². The second-order valence-corrected chi connectivity index (χ2v) is 6.75. The molecule has 0 aliphatic carbocycles. The Kier molecular flexibility index (Phi) is 4.83. The maximum absolute atomic E-state index is 12.6. The molecule has 3 rings (SSSR count). The third kappa shape index (κ3) is 3.28. The van der Waals surface area contributed by atoms with Gasteiger partial charge in [-0.3, -0.25) is 4.79 Å². The highest BCUT2D eigenvalue weighted by Crippen LogP contribution is 2.35. The Morgan fingerprint density at radius 3 is 2.79 bits per heavy atom. The maximum atomic E-state index is 12.6. The molecule has 0 spiro atoms. The number of nitrogens with two attached hydrogens (primary N) is 1. The standard InChI is InChI=1S/C16H17Cl2N3O3/c17-10-3-1-4-11(18)14(10)13-7-12(20-24-13)15(22)21-6-2-5-16(23,8-19)9-21/h1,3-4,7,23H,2,5-6,8-9,19H2. The fraction of sp³-hybridized carbons (Fsp3) is 0.375. The van der Waals surface area contributed by atoms with Gasteiger partial charge in [0.25, 0.3) is 5.91 Å². The van der Waals surface area contributed by atoms with Gasteiger partial charge in [0.1, 0.15) is 0 Å². The highest BCUT2D eigenvalue weighted by Gasteiger charge is 2.35. The van der Waals surface area contributed by atoms with Crippen LogP contribution >= 0.6 is 23.2 Å². The molecule has 128 valence electrons. The summed E-state index contributed by atoms with van der Waals surface area (Å²) in [6.07, 6.45) is 1.26. The Morgan fingerprint density at radius 1 is 1.42 bits per heavy atom. The van der Waals surface area contributed by atoms with Crippen molar-refractivity contribution in [2.75, 3.05) is 19.6 Å². The molecule has 2 heterocycles. The van der Waals surface area contributed by atoms with E-state index in [0.717, 1.165) is 0 Å². The minimum absolute atomic E-state index is 0.107. The number of nitrogens with zero attached hydrogens (tertiary/aromatic N) is 2. The van der Waals surface area contributed by atoms with Crippen molar-refractivity contribution in [1.82, 2.24) is 10.1 Å². The summed E-state index contributed by atoms with van der Waals surface area (Å²) < 4.78 is 5.25. The first-order valence-corrected chi connectivity index (χ1v) is 8.32. The number of halogens is 2. The Bertz CT molecular complexity index is 745. The molecule has 2 aromatic rings. The van der Waals surface area contributed by atoms with Crippen LogP contribution in [0.5, 0.6) is 0 Å². The first-order valence-electron chi connectivity index (χ1n) is 7.56. The normalized spacial score (nSPS) is 21.1. The van der Waals surface area contributed by atoms with E-state index in [1.807, 2.05) is 0 Å². The van der Waals surface area contributed by atoms with Crippen LogP contribution in [0.3, 0.4) is 0 Å². The summed E-state index contributed by atoms with van der Waals surface area (Å²) in [5.41, 5.74) is 5.18. The number of carbonyl (C=O) groups is 1. The fourth-order valence-corrected chi connectivity index (χ4v) is 3.43. The van der Waals surface area contributed by atoms with E-state index in [2.05, 4.69) is 5.16 Å². The molecule has 0 bridgehead atoms. The van der Waals surface area contributed by atoms with Crippen LogP contribution < -0.4 is 5.73 Å². The lowest BCUT2D eigenvalue weighted by atomic mass is 9.93. The van der Waals surface area contributed by atoms with Crippen LogP contribution in [0.25, 0.3) is 11.3 Å². The van der Waals surface area contributed by atoms with E-state index in [1.165, 1.54) is 11.0 Å². The number of piperidine rings is 1. The fourth-order valence-electron chi connectivity index (χ4n) is 2.84. The number of rotatable bonds is 3. The molecular formula is C16H17Cl2N3O3. The van der Waals surface area contributed by atoms with Crippen LogP contribution in [0.1, 0.15) is 23.3 Å². The van der Waals surface area contributed by atoms with Gasteiger partial charge in [-0.15, -0.1) is 0 Å². The van der Waals surface area contributed by atoms with Crippen molar-refractivity contribution in [3.05, 3.63) is 40.0 Å². The van der Waals surface area contributed by atoms with Gasteiger partial charge in [-0.25, -0.2) is 0 Å². The summed E-state index contributed by atoms with van der Waals surface area (Å²) in [7, 11) is 0. The molecule has 1 aliphatic rings.